The number of hydrogen-bond acceptors (Lipinski definition) is 8. The summed E-state index contributed by atoms with van der Waals surface area (Å²) >= 11 is 1.79. The van der Waals surface area contributed by atoms with Gasteiger partial charge in [0.15, 0.2) is 5.79 Å². The van der Waals surface area contributed by atoms with Crippen LogP contribution in [0.15, 0.2) is 54.6 Å². The fourth-order valence-corrected chi connectivity index (χ4v) is 5.42. The number of ether oxygens (including phenoxy) is 2. The summed E-state index contributed by atoms with van der Waals surface area (Å²) in [5, 5.41) is 35.3. The maximum absolute atomic E-state index is 12.7. The van der Waals surface area contributed by atoms with Gasteiger partial charge in [0.25, 0.3) is 5.91 Å². The average Bonchev–Trinajstić information content (AvgIpc) is 2.95. The molecule has 0 saturated carbocycles. The molecule has 0 aromatic heterocycles. The van der Waals surface area contributed by atoms with Gasteiger partial charge in [0.2, 0.25) is 5.91 Å². The zero-order valence-electron chi connectivity index (χ0n) is 23.2. The molecule has 1 saturated heterocycles. The smallest absolute Gasteiger partial charge is 0.251 e. The molecule has 5 atom stereocenters. The zero-order valence-corrected chi connectivity index (χ0v) is 24.0. The van der Waals surface area contributed by atoms with Crippen LogP contribution in [-0.2, 0) is 14.3 Å². The van der Waals surface area contributed by atoms with Crippen LogP contribution in [0, 0.1) is 5.41 Å². The Balaban J connectivity index is 1.62. The maximum Gasteiger partial charge on any atom is 0.251 e. The Hall–Kier alpha value is -2.76. The first kappa shape index (κ1) is 31.8. The quantitative estimate of drug-likeness (QED) is 0.163. The van der Waals surface area contributed by atoms with Crippen LogP contribution in [0.25, 0.3) is 11.1 Å². The van der Waals surface area contributed by atoms with E-state index in [0.29, 0.717) is 12.2 Å². The van der Waals surface area contributed by atoms with Crippen molar-refractivity contribution in [2.45, 2.75) is 69.7 Å². The number of benzene rings is 2. The number of nitrogens with one attached hydrogen (secondary N) is 3. The van der Waals surface area contributed by atoms with Crippen molar-refractivity contribution in [1.29, 1.82) is 5.41 Å². The Morgan fingerprint density at radius 2 is 1.90 bits per heavy atom. The van der Waals surface area contributed by atoms with E-state index in [1.807, 2.05) is 42.5 Å². The number of carbonyl (C=O) groups is 2. The van der Waals surface area contributed by atoms with Gasteiger partial charge >= 0.3 is 0 Å². The molecule has 9 nitrogen and oxygen atoms in total. The van der Waals surface area contributed by atoms with Crippen molar-refractivity contribution in [3.63, 3.8) is 0 Å². The first-order valence-electron chi connectivity index (χ1n) is 13.7. The molecule has 3 rings (SSSR count). The second kappa shape index (κ2) is 15.9. The molecule has 0 aliphatic carbocycles. The second-order valence-electron chi connectivity index (χ2n) is 9.85. The third-order valence-electron chi connectivity index (χ3n) is 6.78. The van der Waals surface area contributed by atoms with E-state index in [0.717, 1.165) is 29.1 Å². The normalized spacial score (nSPS) is 23.2. The monoisotopic (exact) mass is 571 g/mol. The van der Waals surface area contributed by atoms with Gasteiger partial charge in [-0.05, 0) is 47.6 Å². The molecular weight excluding hydrogens is 530 g/mol. The van der Waals surface area contributed by atoms with Crippen LogP contribution in [0.4, 0.5) is 0 Å². The molecule has 1 fully saturated rings. The van der Waals surface area contributed by atoms with Crippen LogP contribution >= 0.6 is 11.8 Å². The summed E-state index contributed by atoms with van der Waals surface area (Å²) in [5.41, 5.74) is 2.56. The Kier molecular flexibility index (Phi) is 12.6. The summed E-state index contributed by atoms with van der Waals surface area (Å²) in [6.07, 6.45) is -0.979. The molecule has 1 aliphatic rings. The van der Waals surface area contributed by atoms with Gasteiger partial charge in [-0.1, -0.05) is 49.4 Å². The molecule has 2 aromatic rings. The van der Waals surface area contributed by atoms with E-state index >= 15 is 0 Å². The van der Waals surface area contributed by atoms with Gasteiger partial charge < -0.3 is 35.7 Å². The predicted molar refractivity (Wildman–Crippen MR) is 158 cm³/mol. The van der Waals surface area contributed by atoms with E-state index in [2.05, 4.69) is 17.6 Å². The molecule has 5 N–H and O–H groups in total. The minimum Gasteiger partial charge on any atom is -0.391 e. The van der Waals surface area contributed by atoms with E-state index < -0.39 is 30.1 Å². The summed E-state index contributed by atoms with van der Waals surface area (Å²) < 4.78 is 12.3. The summed E-state index contributed by atoms with van der Waals surface area (Å²) in [6.45, 7) is 3.94. The van der Waals surface area contributed by atoms with Crippen LogP contribution in [0.1, 0.15) is 49.9 Å². The number of aliphatic hydroxyl groups is 2. The minimum absolute atomic E-state index is 0.0488. The highest BCUT2D eigenvalue weighted by Gasteiger charge is 2.49. The van der Waals surface area contributed by atoms with Crippen molar-refractivity contribution < 1.29 is 29.3 Å². The summed E-state index contributed by atoms with van der Waals surface area (Å²) in [7, 11) is 0. The van der Waals surface area contributed by atoms with Gasteiger partial charge in [-0.25, -0.2) is 0 Å². The summed E-state index contributed by atoms with van der Waals surface area (Å²) in [4.78, 5) is 24.6. The third-order valence-corrected chi connectivity index (χ3v) is 7.77. The average molecular weight is 572 g/mol. The Morgan fingerprint density at radius 1 is 1.20 bits per heavy atom. The molecule has 0 bridgehead atoms. The van der Waals surface area contributed by atoms with Crippen LogP contribution in [0.2, 0.25) is 0 Å². The van der Waals surface area contributed by atoms with Crippen molar-refractivity contribution >= 4 is 29.8 Å². The number of hydrogen-bond donors (Lipinski definition) is 5. The van der Waals surface area contributed by atoms with Gasteiger partial charge in [-0.2, -0.15) is 11.8 Å². The van der Waals surface area contributed by atoms with E-state index in [-0.39, 0.29) is 37.6 Å². The second-order valence-corrected chi connectivity index (χ2v) is 11.2. The van der Waals surface area contributed by atoms with Gasteiger partial charge in [-0.3, -0.25) is 9.59 Å². The molecule has 218 valence electrons. The molecular formula is C30H41N3O6S. The largest absolute Gasteiger partial charge is 0.391 e. The highest BCUT2D eigenvalue weighted by Crippen LogP contribution is 2.35. The Bertz CT molecular complexity index is 1090. The molecule has 0 spiro atoms. The molecule has 40 heavy (non-hydrogen) atoms. The van der Waals surface area contributed by atoms with Crippen molar-refractivity contribution in [1.82, 2.24) is 10.6 Å². The molecule has 0 radical (unpaired) electrons. The van der Waals surface area contributed by atoms with Crippen molar-refractivity contribution in [2.24, 2.45) is 0 Å². The Morgan fingerprint density at radius 3 is 2.55 bits per heavy atom. The van der Waals surface area contributed by atoms with Crippen molar-refractivity contribution in [3.8, 4) is 11.1 Å². The van der Waals surface area contributed by atoms with Crippen molar-refractivity contribution in [2.75, 3.05) is 24.7 Å². The highest BCUT2D eigenvalue weighted by atomic mass is 32.2. The fourth-order valence-electron chi connectivity index (χ4n) is 4.81. The van der Waals surface area contributed by atoms with Crippen LogP contribution in [0.3, 0.4) is 0 Å². The maximum atomic E-state index is 12.7. The lowest BCUT2D eigenvalue weighted by Gasteiger charge is -2.48. The number of rotatable bonds is 15. The van der Waals surface area contributed by atoms with E-state index in [1.165, 1.54) is 13.1 Å². The standard InChI is InChI=1S/C30H41N3O6S/c1-3-40-19-7-18-38-30(15-16-31)20-26(36)27(33-21(2)34)28(39-30)25(35)14-17-32-29(37)24-12-10-23(11-13-24)22-8-5-4-6-9-22/h4-6,8-13,16,25-28,31,35-36H,3,7,14-15,17-20H2,1-2H3,(H,32,37)(H,33,34). The topological polar surface area (TPSA) is 141 Å². The van der Waals surface area contributed by atoms with E-state index in [9.17, 15) is 19.8 Å². The zero-order chi connectivity index (χ0) is 29.0. The molecule has 2 amide bonds. The predicted octanol–water partition coefficient (Wildman–Crippen LogP) is 3.38. The van der Waals surface area contributed by atoms with Crippen molar-refractivity contribution in [3.05, 3.63) is 60.2 Å². The summed E-state index contributed by atoms with van der Waals surface area (Å²) in [5.74, 6) is -0.0177. The van der Waals surface area contributed by atoms with Gasteiger partial charge in [0.1, 0.15) is 6.10 Å². The first-order chi connectivity index (χ1) is 19.3. The highest BCUT2D eigenvalue weighted by molar-refractivity contribution is 7.99. The number of thioether (sulfide) groups is 1. The minimum atomic E-state index is -1.29. The van der Waals surface area contributed by atoms with E-state index in [1.54, 1.807) is 23.9 Å². The summed E-state index contributed by atoms with van der Waals surface area (Å²) in [6, 6.07) is 16.3. The molecule has 5 unspecified atom stereocenters. The Labute approximate surface area is 240 Å². The SMILES string of the molecule is CCSCCCOC1(CC=N)CC(O)C(NC(C)=O)C(C(O)CCNC(=O)c2ccc(-c3ccccc3)cc2)O1. The van der Waals surface area contributed by atoms with Gasteiger partial charge in [0.05, 0.1) is 24.9 Å². The molecule has 1 aliphatic heterocycles. The molecule has 10 heteroatoms. The fraction of sp³-hybridized carbons (Fsp3) is 0.500. The lowest BCUT2D eigenvalue weighted by molar-refractivity contribution is -0.311. The van der Waals surface area contributed by atoms with Gasteiger partial charge in [-0.15, -0.1) is 0 Å². The van der Waals surface area contributed by atoms with Crippen LogP contribution in [0.5, 0.6) is 0 Å². The number of carbonyl (C=O) groups excluding carboxylic acids is 2. The number of aliphatic hydroxyl groups excluding tert-OH is 2. The third kappa shape index (κ3) is 9.14. The first-order valence-corrected chi connectivity index (χ1v) is 14.9. The van der Waals surface area contributed by atoms with Crippen LogP contribution < -0.4 is 10.6 Å². The van der Waals surface area contributed by atoms with E-state index in [4.69, 9.17) is 14.9 Å². The number of amides is 2. The lowest BCUT2D eigenvalue weighted by Crippen LogP contribution is -2.64. The molecule has 2 aromatic carbocycles. The lowest BCUT2D eigenvalue weighted by atomic mass is 9.88. The van der Waals surface area contributed by atoms with Gasteiger partial charge in [0, 0.05) is 38.1 Å². The van der Waals surface area contributed by atoms with Crippen LogP contribution in [-0.4, -0.2) is 83.0 Å². The molecule has 1 heterocycles.